The van der Waals surface area contributed by atoms with E-state index >= 15 is 0 Å². The molecule has 56 valence electrons. The summed E-state index contributed by atoms with van der Waals surface area (Å²) in [6.45, 7) is 9.66. The normalized spacial score (nSPS) is 13.5. The molecule has 0 N–H and O–H groups in total. The van der Waals surface area contributed by atoms with E-state index in [9.17, 15) is 0 Å². The van der Waals surface area contributed by atoms with Gasteiger partial charge in [0.25, 0.3) is 0 Å². The number of allylic oxidation sites excluding steroid dienone is 3. The highest BCUT2D eigenvalue weighted by Gasteiger charge is 1.82. The molecule has 0 saturated carbocycles. The summed E-state index contributed by atoms with van der Waals surface area (Å²) in [5.41, 5.74) is 2.04. The van der Waals surface area contributed by atoms with E-state index < -0.39 is 0 Å². The second-order valence-electron chi connectivity index (χ2n) is 2.21. The van der Waals surface area contributed by atoms with Crippen LogP contribution in [0.2, 0.25) is 0 Å². The van der Waals surface area contributed by atoms with Gasteiger partial charge in [-0.2, -0.15) is 0 Å². The van der Waals surface area contributed by atoms with Crippen molar-refractivity contribution in [3.8, 4) is 0 Å². The highest BCUT2D eigenvalue weighted by molar-refractivity contribution is 5.92. The van der Waals surface area contributed by atoms with Crippen LogP contribution < -0.4 is 0 Å². The maximum Gasteiger partial charge on any atom is 0.0369 e. The van der Waals surface area contributed by atoms with Crippen molar-refractivity contribution >= 4 is 5.71 Å². The van der Waals surface area contributed by atoms with Gasteiger partial charge in [-0.3, -0.25) is 4.99 Å². The molecule has 1 nitrogen and oxygen atoms in total. The van der Waals surface area contributed by atoms with Crippen LogP contribution in [-0.4, -0.2) is 5.71 Å². The van der Waals surface area contributed by atoms with Crippen molar-refractivity contribution in [2.24, 2.45) is 4.99 Å². The van der Waals surface area contributed by atoms with E-state index in [1.807, 2.05) is 13.8 Å². The van der Waals surface area contributed by atoms with E-state index in [1.54, 1.807) is 6.08 Å². The minimum atomic E-state index is 0.974. The van der Waals surface area contributed by atoms with Crippen molar-refractivity contribution in [2.45, 2.75) is 27.2 Å². The minimum Gasteiger partial charge on any atom is -0.259 e. The van der Waals surface area contributed by atoms with Crippen molar-refractivity contribution in [1.82, 2.24) is 0 Å². The van der Waals surface area contributed by atoms with Gasteiger partial charge in [0.2, 0.25) is 0 Å². The summed E-state index contributed by atoms with van der Waals surface area (Å²) in [6, 6.07) is 0. The van der Waals surface area contributed by atoms with Gasteiger partial charge in [0.15, 0.2) is 0 Å². The Morgan fingerprint density at radius 3 is 2.50 bits per heavy atom. The van der Waals surface area contributed by atoms with Crippen LogP contribution in [0.4, 0.5) is 0 Å². The van der Waals surface area contributed by atoms with E-state index in [1.165, 1.54) is 0 Å². The van der Waals surface area contributed by atoms with Crippen LogP contribution in [0.3, 0.4) is 0 Å². The quantitative estimate of drug-likeness (QED) is 0.530. The number of nitrogens with zero attached hydrogens (tertiary/aromatic N) is 1. The fourth-order valence-corrected chi connectivity index (χ4v) is 0.665. The first-order chi connectivity index (χ1) is 4.70. The molecule has 0 heterocycles. The molecule has 0 amide bonds. The van der Waals surface area contributed by atoms with Gasteiger partial charge in [0.1, 0.15) is 0 Å². The van der Waals surface area contributed by atoms with Crippen molar-refractivity contribution in [3.05, 3.63) is 24.4 Å². The predicted molar refractivity (Wildman–Crippen MR) is 47.4 cm³/mol. The number of hydrogen-bond donors (Lipinski definition) is 0. The van der Waals surface area contributed by atoms with E-state index in [-0.39, 0.29) is 0 Å². The number of aliphatic imine (C=N–C) groups is 1. The topological polar surface area (TPSA) is 12.4 Å². The van der Waals surface area contributed by atoms with E-state index in [4.69, 9.17) is 0 Å². The molecule has 0 saturated heterocycles. The van der Waals surface area contributed by atoms with E-state index in [2.05, 4.69) is 24.6 Å². The lowest BCUT2D eigenvalue weighted by Gasteiger charge is -1.92. The predicted octanol–water partition coefficient (Wildman–Crippen LogP) is 2.95. The zero-order chi connectivity index (χ0) is 7.98. The number of hydrogen-bond acceptors (Lipinski definition) is 1. The summed E-state index contributed by atoms with van der Waals surface area (Å²) >= 11 is 0. The van der Waals surface area contributed by atoms with Crippen molar-refractivity contribution in [3.63, 3.8) is 0 Å². The molecule has 0 aliphatic carbocycles. The molecule has 0 fully saturated rings. The third-order valence-corrected chi connectivity index (χ3v) is 1.15. The zero-order valence-electron chi connectivity index (χ0n) is 7.02. The number of rotatable bonds is 3. The molecular weight excluding hydrogens is 122 g/mol. The summed E-state index contributed by atoms with van der Waals surface area (Å²) in [6.07, 6.45) is 4.89. The first-order valence-electron chi connectivity index (χ1n) is 3.55. The average molecular weight is 137 g/mol. The lowest BCUT2D eigenvalue weighted by Crippen LogP contribution is -1.82. The first kappa shape index (κ1) is 9.15. The molecule has 0 aromatic heterocycles. The monoisotopic (exact) mass is 137 g/mol. The summed E-state index contributed by atoms with van der Waals surface area (Å²) in [7, 11) is 0. The van der Waals surface area contributed by atoms with Gasteiger partial charge in [-0.15, -0.1) is 0 Å². The smallest absolute Gasteiger partial charge is 0.0369 e. The van der Waals surface area contributed by atoms with Gasteiger partial charge in [-0.05, 0) is 26.3 Å². The average Bonchev–Trinajstić information content (AvgIpc) is 1.88. The molecule has 0 rings (SSSR count). The van der Waals surface area contributed by atoms with Crippen LogP contribution >= 0.6 is 0 Å². The lowest BCUT2D eigenvalue weighted by atomic mass is 10.3. The highest BCUT2D eigenvalue weighted by Crippen LogP contribution is 1.97. The third-order valence-electron chi connectivity index (χ3n) is 1.15. The fourth-order valence-electron chi connectivity index (χ4n) is 0.665. The van der Waals surface area contributed by atoms with Gasteiger partial charge >= 0.3 is 0 Å². The summed E-state index contributed by atoms with van der Waals surface area (Å²) < 4.78 is 0. The van der Waals surface area contributed by atoms with Crippen LogP contribution in [0, 0.1) is 0 Å². The molecule has 0 bridgehead atoms. The Morgan fingerprint density at radius 2 is 2.10 bits per heavy atom. The van der Waals surface area contributed by atoms with E-state index in [0.717, 1.165) is 17.8 Å². The molecule has 0 aliphatic rings. The summed E-state index contributed by atoms with van der Waals surface area (Å²) in [4.78, 5) is 4.24. The Labute approximate surface area is 63.2 Å². The second-order valence-corrected chi connectivity index (χ2v) is 2.21. The maximum absolute atomic E-state index is 4.24. The Kier molecular flexibility index (Phi) is 4.55. The molecule has 0 spiro atoms. The fraction of sp³-hybridized carbons (Fsp3) is 0.444. The van der Waals surface area contributed by atoms with Crippen molar-refractivity contribution < 1.29 is 0 Å². The Morgan fingerprint density at radius 1 is 1.50 bits per heavy atom. The third kappa shape index (κ3) is 4.07. The molecule has 0 unspecified atom stereocenters. The first-order valence-corrected chi connectivity index (χ1v) is 3.55. The van der Waals surface area contributed by atoms with Crippen LogP contribution in [-0.2, 0) is 0 Å². The molecule has 0 atom stereocenters. The molecule has 0 radical (unpaired) electrons. The SMILES string of the molecule is C=CC(C)=N/C(C)=C\CC. The van der Waals surface area contributed by atoms with Crippen LogP contribution in [0.5, 0.6) is 0 Å². The van der Waals surface area contributed by atoms with Gasteiger partial charge in [-0.1, -0.05) is 19.6 Å². The maximum atomic E-state index is 4.24. The minimum absolute atomic E-state index is 0.974. The van der Waals surface area contributed by atoms with Gasteiger partial charge in [0.05, 0.1) is 0 Å². The van der Waals surface area contributed by atoms with E-state index in [0.29, 0.717) is 0 Å². The standard InChI is InChI=1S/C9H15N/c1-5-7-9(4)10-8(3)6-2/h6-7H,2,5H2,1,3-4H3/b9-7-,10-8?. The molecule has 10 heavy (non-hydrogen) atoms. The molecule has 0 aromatic carbocycles. The Bertz CT molecular complexity index is 164. The lowest BCUT2D eigenvalue weighted by molar-refractivity contribution is 1.15. The van der Waals surface area contributed by atoms with Gasteiger partial charge in [0, 0.05) is 11.4 Å². The molecule has 0 aromatic rings. The van der Waals surface area contributed by atoms with Crippen LogP contribution in [0.15, 0.2) is 29.4 Å². The second kappa shape index (κ2) is 4.98. The Hall–Kier alpha value is -0.850. The summed E-state index contributed by atoms with van der Waals surface area (Å²) in [5, 5.41) is 0. The highest BCUT2D eigenvalue weighted by atomic mass is 14.7. The molecule has 1 heteroatoms. The van der Waals surface area contributed by atoms with Crippen LogP contribution in [0.1, 0.15) is 27.2 Å². The van der Waals surface area contributed by atoms with Crippen molar-refractivity contribution in [2.75, 3.05) is 0 Å². The Balaban J connectivity index is 4.11. The molecular formula is C9H15N. The largest absolute Gasteiger partial charge is 0.259 e. The van der Waals surface area contributed by atoms with Crippen LogP contribution in [0.25, 0.3) is 0 Å². The summed E-state index contributed by atoms with van der Waals surface area (Å²) in [5.74, 6) is 0. The van der Waals surface area contributed by atoms with Gasteiger partial charge in [-0.25, -0.2) is 0 Å². The zero-order valence-corrected chi connectivity index (χ0v) is 7.02. The van der Waals surface area contributed by atoms with Gasteiger partial charge < -0.3 is 0 Å². The van der Waals surface area contributed by atoms with Crippen molar-refractivity contribution in [1.29, 1.82) is 0 Å². The molecule has 0 aliphatic heterocycles.